The number of carbonyl (C=O) groups is 1. The molecule has 1 heterocycles. The summed E-state index contributed by atoms with van der Waals surface area (Å²) in [6.45, 7) is 3.51. The normalized spacial score (nSPS) is 16.8. The molecule has 0 aromatic heterocycles. The van der Waals surface area contributed by atoms with Gasteiger partial charge in [-0.15, -0.1) is 11.8 Å². The fraction of sp³-hybridized carbons (Fsp3) is 0.316. The lowest BCUT2D eigenvalue weighted by molar-refractivity contribution is 0.0935. The zero-order valence-electron chi connectivity index (χ0n) is 15.0. The Hall–Kier alpha value is -1.54. The molecule has 1 unspecified atom stereocenters. The quantitative estimate of drug-likeness (QED) is 0.760. The summed E-state index contributed by atoms with van der Waals surface area (Å²) in [5.74, 6) is 0.677. The van der Waals surface area contributed by atoms with E-state index in [2.05, 4.69) is 10.0 Å². The highest BCUT2D eigenvalue weighted by molar-refractivity contribution is 7.99. The molecule has 0 spiro atoms. The largest absolute Gasteiger partial charge is 0.345 e. The van der Waals surface area contributed by atoms with Gasteiger partial charge in [0.1, 0.15) is 0 Å². The van der Waals surface area contributed by atoms with Crippen molar-refractivity contribution in [3.8, 4) is 0 Å². The molecule has 144 valence electrons. The number of sulfonamides is 1. The van der Waals surface area contributed by atoms with Crippen LogP contribution in [0, 0.1) is 0 Å². The summed E-state index contributed by atoms with van der Waals surface area (Å²) in [4.78, 5) is 13.9. The first-order valence-corrected chi connectivity index (χ1v) is 11.5. The van der Waals surface area contributed by atoms with Crippen LogP contribution in [0.15, 0.2) is 52.3 Å². The lowest BCUT2D eigenvalue weighted by Gasteiger charge is -2.26. The number of benzene rings is 2. The minimum absolute atomic E-state index is 0.113. The van der Waals surface area contributed by atoms with E-state index in [9.17, 15) is 13.2 Å². The van der Waals surface area contributed by atoms with Crippen LogP contribution in [0.2, 0.25) is 5.02 Å². The minimum Gasteiger partial charge on any atom is -0.345 e. The maximum atomic E-state index is 12.6. The van der Waals surface area contributed by atoms with Crippen molar-refractivity contribution in [1.29, 1.82) is 0 Å². The number of rotatable bonds is 5. The van der Waals surface area contributed by atoms with Crippen LogP contribution >= 0.6 is 23.4 Å². The van der Waals surface area contributed by atoms with Crippen LogP contribution in [0.4, 0.5) is 0 Å². The lowest BCUT2D eigenvalue weighted by atomic mass is 10.0. The second-order valence-corrected chi connectivity index (χ2v) is 9.93. The van der Waals surface area contributed by atoms with Crippen LogP contribution in [0.3, 0.4) is 0 Å². The average molecular weight is 425 g/mol. The Morgan fingerprint density at radius 2 is 1.89 bits per heavy atom. The molecule has 1 aliphatic heterocycles. The Bertz CT molecular complexity index is 944. The molecule has 8 heteroatoms. The van der Waals surface area contributed by atoms with Crippen LogP contribution in [-0.2, 0) is 10.0 Å². The molecule has 1 atom stereocenters. The Balaban J connectivity index is 1.76. The molecule has 2 aromatic rings. The van der Waals surface area contributed by atoms with Crippen LogP contribution in [-0.4, -0.2) is 26.1 Å². The van der Waals surface area contributed by atoms with Gasteiger partial charge >= 0.3 is 0 Å². The second kappa shape index (κ2) is 8.22. The third-order valence-corrected chi connectivity index (χ3v) is 7.17. The molecule has 1 aliphatic rings. The van der Waals surface area contributed by atoms with E-state index < -0.39 is 10.0 Å². The molecule has 1 amide bonds. The Morgan fingerprint density at radius 3 is 2.56 bits per heavy atom. The van der Waals surface area contributed by atoms with Gasteiger partial charge in [-0.05, 0) is 68.3 Å². The summed E-state index contributed by atoms with van der Waals surface area (Å²) in [7, 11) is -3.57. The molecule has 27 heavy (non-hydrogen) atoms. The zero-order valence-corrected chi connectivity index (χ0v) is 17.4. The maximum Gasteiger partial charge on any atom is 0.251 e. The molecular weight excluding hydrogens is 404 g/mol. The third kappa shape index (κ3) is 4.85. The zero-order chi connectivity index (χ0) is 19.6. The van der Waals surface area contributed by atoms with Gasteiger partial charge in [-0.1, -0.05) is 11.6 Å². The van der Waals surface area contributed by atoms with Crippen molar-refractivity contribution in [1.82, 2.24) is 10.0 Å². The first-order chi connectivity index (χ1) is 12.8. The molecule has 0 saturated heterocycles. The van der Waals surface area contributed by atoms with Crippen molar-refractivity contribution < 1.29 is 13.2 Å². The van der Waals surface area contributed by atoms with Crippen molar-refractivity contribution in [2.75, 3.05) is 5.75 Å². The van der Waals surface area contributed by atoms with Gasteiger partial charge < -0.3 is 5.32 Å². The van der Waals surface area contributed by atoms with Gasteiger partial charge in [0.05, 0.1) is 10.9 Å². The van der Waals surface area contributed by atoms with Crippen LogP contribution < -0.4 is 10.0 Å². The minimum atomic E-state index is -3.57. The highest BCUT2D eigenvalue weighted by atomic mass is 35.5. The number of nitrogens with one attached hydrogen (secondary N) is 2. The summed E-state index contributed by atoms with van der Waals surface area (Å²) in [5.41, 5.74) is 1.44. The van der Waals surface area contributed by atoms with E-state index >= 15 is 0 Å². The fourth-order valence-corrected chi connectivity index (χ4v) is 5.46. The van der Waals surface area contributed by atoms with Crippen LogP contribution in [0.1, 0.15) is 42.2 Å². The average Bonchev–Trinajstić information content (AvgIpc) is 2.61. The van der Waals surface area contributed by atoms with E-state index in [1.54, 1.807) is 25.6 Å². The SMILES string of the molecule is CC(C)NS(=O)(=O)c1ccc(C(=O)NC2CCSc3ccc(Cl)cc32)cc1. The first-order valence-electron chi connectivity index (χ1n) is 8.62. The van der Waals surface area contributed by atoms with E-state index in [4.69, 9.17) is 11.6 Å². The summed E-state index contributed by atoms with van der Waals surface area (Å²) < 4.78 is 26.9. The predicted octanol–water partition coefficient (Wildman–Crippen LogP) is 3.99. The predicted molar refractivity (Wildman–Crippen MR) is 109 cm³/mol. The van der Waals surface area contributed by atoms with Crippen molar-refractivity contribution in [2.24, 2.45) is 0 Å². The van der Waals surface area contributed by atoms with Crippen molar-refractivity contribution in [2.45, 2.75) is 42.1 Å². The summed E-state index contributed by atoms with van der Waals surface area (Å²) in [5, 5.41) is 3.67. The summed E-state index contributed by atoms with van der Waals surface area (Å²) in [6, 6.07) is 11.3. The number of amides is 1. The van der Waals surface area contributed by atoms with Gasteiger partial charge in [0.15, 0.2) is 0 Å². The van der Waals surface area contributed by atoms with Crippen molar-refractivity contribution >= 4 is 39.3 Å². The van der Waals surface area contributed by atoms with E-state index in [-0.39, 0.29) is 22.9 Å². The summed E-state index contributed by atoms with van der Waals surface area (Å²) >= 11 is 7.86. The number of fused-ring (bicyclic) bond motifs is 1. The number of hydrogen-bond acceptors (Lipinski definition) is 4. The molecule has 3 rings (SSSR count). The van der Waals surface area contributed by atoms with Gasteiger partial charge in [0.25, 0.3) is 5.91 Å². The molecule has 2 N–H and O–H groups in total. The topological polar surface area (TPSA) is 75.3 Å². The molecule has 0 fully saturated rings. The number of carbonyl (C=O) groups excluding carboxylic acids is 1. The highest BCUT2D eigenvalue weighted by Crippen LogP contribution is 2.37. The maximum absolute atomic E-state index is 12.6. The van der Waals surface area contributed by atoms with Crippen molar-refractivity contribution in [3.05, 3.63) is 58.6 Å². The van der Waals surface area contributed by atoms with Crippen molar-refractivity contribution in [3.63, 3.8) is 0 Å². The van der Waals surface area contributed by atoms with Gasteiger partial charge in [0, 0.05) is 27.3 Å². The molecular formula is C19H21ClN2O3S2. The Kier molecular flexibility index (Phi) is 6.15. The third-order valence-electron chi connectivity index (χ3n) is 4.13. The van der Waals surface area contributed by atoms with Gasteiger partial charge in [-0.25, -0.2) is 13.1 Å². The molecule has 0 bridgehead atoms. The second-order valence-electron chi connectivity index (χ2n) is 6.65. The smallest absolute Gasteiger partial charge is 0.251 e. The van der Waals surface area contributed by atoms with Crippen LogP contribution in [0.25, 0.3) is 0 Å². The Labute approximate surface area is 168 Å². The monoisotopic (exact) mass is 424 g/mol. The van der Waals surface area contributed by atoms with Crippen LogP contribution in [0.5, 0.6) is 0 Å². The lowest BCUT2D eigenvalue weighted by Crippen LogP contribution is -2.31. The standard InChI is InChI=1S/C19H21ClN2O3S2/c1-12(2)22-27(24,25)15-6-3-13(4-7-15)19(23)21-17-9-10-26-18-8-5-14(20)11-16(17)18/h3-8,11-12,17,22H,9-10H2,1-2H3,(H,21,23). The molecule has 0 radical (unpaired) electrons. The Morgan fingerprint density at radius 1 is 1.19 bits per heavy atom. The van der Waals surface area contributed by atoms with Gasteiger partial charge in [0.2, 0.25) is 10.0 Å². The van der Waals surface area contributed by atoms with E-state index in [0.717, 1.165) is 22.6 Å². The van der Waals surface area contributed by atoms with E-state index in [1.165, 1.54) is 24.3 Å². The van der Waals surface area contributed by atoms with E-state index in [1.807, 2.05) is 18.2 Å². The molecule has 0 saturated carbocycles. The first kappa shape index (κ1) is 20.2. The highest BCUT2D eigenvalue weighted by Gasteiger charge is 2.23. The van der Waals surface area contributed by atoms with Gasteiger partial charge in [-0.2, -0.15) is 0 Å². The number of thioether (sulfide) groups is 1. The molecule has 0 aliphatic carbocycles. The molecule has 5 nitrogen and oxygen atoms in total. The fourth-order valence-electron chi connectivity index (χ4n) is 2.92. The number of halogens is 1. The summed E-state index contributed by atoms with van der Waals surface area (Å²) in [6.07, 6.45) is 0.814. The number of hydrogen-bond donors (Lipinski definition) is 2. The van der Waals surface area contributed by atoms with E-state index in [0.29, 0.717) is 10.6 Å². The molecule has 2 aromatic carbocycles. The van der Waals surface area contributed by atoms with Gasteiger partial charge in [-0.3, -0.25) is 4.79 Å².